The molecule has 5 aromatic rings. The summed E-state index contributed by atoms with van der Waals surface area (Å²) in [6, 6.07) is 24.6. The molecule has 5 aliphatic rings. The quantitative estimate of drug-likeness (QED) is 0.187. The number of thiophene rings is 1. The first-order valence-electron chi connectivity index (χ1n) is 16.8. The molecule has 3 saturated heterocycles. The Bertz CT molecular complexity index is 2050. The monoisotopic (exact) mass is 674 g/mol. The van der Waals surface area contributed by atoms with Crippen LogP contribution in [0.25, 0.3) is 21.3 Å². The Morgan fingerprint density at radius 2 is 1.67 bits per heavy atom. The third kappa shape index (κ3) is 5.08. The van der Waals surface area contributed by atoms with Gasteiger partial charge in [0.2, 0.25) is 0 Å². The number of fused-ring (bicyclic) bond motifs is 8. The van der Waals surface area contributed by atoms with E-state index in [-0.39, 0.29) is 35.8 Å². The summed E-state index contributed by atoms with van der Waals surface area (Å²) < 4.78 is 6.02. The Labute approximate surface area is 288 Å². The molecule has 5 heterocycles. The molecule has 2 aromatic heterocycles. The summed E-state index contributed by atoms with van der Waals surface area (Å²) in [4.78, 5) is 41.7. The lowest BCUT2D eigenvalue weighted by Crippen LogP contribution is -2.47. The maximum Gasteiger partial charge on any atom is 0.409 e. The van der Waals surface area contributed by atoms with Gasteiger partial charge in [0.25, 0.3) is 5.91 Å². The molecule has 2 amide bonds. The van der Waals surface area contributed by atoms with Crippen LogP contribution in [0.2, 0.25) is 5.02 Å². The zero-order chi connectivity index (χ0) is 32.5. The van der Waals surface area contributed by atoms with E-state index < -0.39 is 0 Å². The predicted octanol–water partition coefficient (Wildman–Crippen LogP) is 8.41. The fraction of sp³-hybridized carbons (Fsp3) is 0.333. The number of ether oxygens (including phenoxy) is 1. The lowest BCUT2D eigenvalue weighted by molar-refractivity contribution is 0.0578. The van der Waals surface area contributed by atoms with Crippen LogP contribution in [-0.4, -0.2) is 64.1 Å². The van der Waals surface area contributed by atoms with Crippen LogP contribution in [0.5, 0.6) is 0 Å². The van der Waals surface area contributed by atoms with E-state index >= 15 is 0 Å². The van der Waals surface area contributed by atoms with Crippen LogP contribution < -0.4 is 0 Å². The number of halogens is 1. The van der Waals surface area contributed by atoms with Crippen molar-refractivity contribution in [2.24, 2.45) is 5.92 Å². The molecule has 4 atom stereocenters. The zero-order valence-electron chi connectivity index (χ0n) is 26.6. The smallest absolute Gasteiger partial charge is 0.409 e. The molecule has 242 valence electrons. The number of benzene rings is 3. The second-order valence-electron chi connectivity index (χ2n) is 13.7. The highest BCUT2D eigenvalue weighted by atomic mass is 35.5. The molecule has 9 heteroatoms. The molecular weight excluding hydrogens is 640 g/mol. The van der Waals surface area contributed by atoms with Gasteiger partial charge in [0, 0.05) is 53.5 Å². The number of aromatic nitrogens is 2. The van der Waals surface area contributed by atoms with Crippen molar-refractivity contribution < 1.29 is 14.3 Å². The predicted molar refractivity (Wildman–Crippen MR) is 188 cm³/mol. The minimum Gasteiger partial charge on any atom is -0.448 e. The molecule has 4 fully saturated rings. The van der Waals surface area contributed by atoms with Crippen LogP contribution in [0.3, 0.4) is 0 Å². The van der Waals surface area contributed by atoms with Gasteiger partial charge >= 0.3 is 6.09 Å². The molecule has 4 unspecified atom stereocenters. The standard InChI is InChI=1S/C39H35ClN4O3S/c1-22-41-36(31-14-15-48-37(31)42-22)33-17-32(33)30-13-11-24(16-35(30)40)38(45)44-19-23-10-12-25(44)20-43(18-23)39(46)47-21-34-28-8-4-2-6-26(28)27-7-3-5-9-29(27)34/h2-9,11,13-16,23,25,32-34H,10,12,17-21H2,1H3. The average molecular weight is 675 g/mol. The Hall–Kier alpha value is -4.27. The SMILES string of the molecule is Cc1nc(C2CC2c2ccc(C(=O)N3CC4CCC3CN(C(=O)OCC3c5ccccc5-c5ccccc53)C4)cc2Cl)c2ccsc2n1. The molecule has 7 nitrogen and oxygen atoms in total. The van der Waals surface area contributed by atoms with Crippen LogP contribution >= 0.6 is 22.9 Å². The number of carbonyl (C=O) groups excluding carboxylic acids is 2. The summed E-state index contributed by atoms with van der Waals surface area (Å²) in [5.74, 6) is 1.57. The van der Waals surface area contributed by atoms with Crippen molar-refractivity contribution in [3.05, 3.63) is 117 Å². The van der Waals surface area contributed by atoms with Gasteiger partial charge in [-0.3, -0.25) is 4.79 Å². The van der Waals surface area contributed by atoms with Gasteiger partial charge in [0.15, 0.2) is 0 Å². The number of aryl methyl sites for hydroxylation is 1. The summed E-state index contributed by atoms with van der Waals surface area (Å²) >= 11 is 8.53. The van der Waals surface area contributed by atoms with Gasteiger partial charge in [-0.05, 0) is 89.4 Å². The van der Waals surface area contributed by atoms with E-state index in [1.807, 2.05) is 47.1 Å². The molecule has 2 bridgehead atoms. The number of hydrogen-bond acceptors (Lipinski definition) is 6. The molecule has 10 rings (SSSR count). The lowest BCUT2D eigenvalue weighted by atomic mass is 9.94. The first-order chi connectivity index (χ1) is 23.4. The van der Waals surface area contributed by atoms with Crippen molar-refractivity contribution in [3.8, 4) is 11.1 Å². The minimum atomic E-state index is -0.298. The molecule has 1 saturated carbocycles. The van der Waals surface area contributed by atoms with Gasteiger partial charge in [-0.2, -0.15) is 0 Å². The molecule has 0 radical (unpaired) electrons. The molecule has 3 aromatic carbocycles. The maximum absolute atomic E-state index is 14.0. The summed E-state index contributed by atoms with van der Waals surface area (Å²) in [6.07, 6.45) is 2.54. The summed E-state index contributed by atoms with van der Waals surface area (Å²) in [7, 11) is 0. The molecule has 0 N–H and O–H groups in total. The van der Waals surface area contributed by atoms with Crippen molar-refractivity contribution in [2.45, 2.75) is 50.0 Å². The highest BCUT2D eigenvalue weighted by Gasteiger charge is 2.44. The van der Waals surface area contributed by atoms with E-state index in [0.717, 1.165) is 46.6 Å². The second-order valence-corrected chi connectivity index (χ2v) is 15.0. The van der Waals surface area contributed by atoms with Gasteiger partial charge in [0.05, 0.1) is 5.69 Å². The van der Waals surface area contributed by atoms with E-state index in [4.69, 9.17) is 21.3 Å². The van der Waals surface area contributed by atoms with Crippen LogP contribution in [0.4, 0.5) is 4.79 Å². The number of piperidine rings is 1. The largest absolute Gasteiger partial charge is 0.448 e. The van der Waals surface area contributed by atoms with Crippen molar-refractivity contribution in [1.82, 2.24) is 19.8 Å². The minimum absolute atomic E-state index is 0.0171. The number of carbonyl (C=O) groups is 2. The van der Waals surface area contributed by atoms with Gasteiger partial charge in [0.1, 0.15) is 17.3 Å². The van der Waals surface area contributed by atoms with E-state index in [2.05, 4.69) is 52.8 Å². The summed E-state index contributed by atoms with van der Waals surface area (Å²) in [5, 5.41) is 3.82. The lowest BCUT2D eigenvalue weighted by Gasteiger charge is -2.36. The van der Waals surface area contributed by atoms with Crippen LogP contribution in [-0.2, 0) is 4.74 Å². The van der Waals surface area contributed by atoms with Gasteiger partial charge < -0.3 is 14.5 Å². The molecular formula is C39H35ClN4O3S. The number of rotatable bonds is 5. The van der Waals surface area contributed by atoms with E-state index in [1.54, 1.807) is 11.3 Å². The van der Waals surface area contributed by atoms with Crippen LogP contribution in [0.1, 0.15) is 75.6 Å². The fourth-order valence-corrected chi connectivity index (χ4v) is 9.54. The Morgan fingerprint density at radius 3 is 2.44 bits per heavy atom. The van der Waals surface area contributed by atoms with Crippen LogP contribution in [0.15, 0.2) is 78.2 Å². The van der Waals surface area contributed by atoms with E-state index in [0.29, 0.717) is 42.7 Å². The maximum atomic E-state index is 14.0. The number of amides is 2. The van der Waals surface area contributed by atoms with Gasteiger partial charge in [-0.1, -0.05) is 66.2 Å². The normalized spacial score (nSPS) is 22.8. The zero-order valence-corrected chi connectivity index (χ0v) is 28.2. The Kier molecular flexibility index (Phi) is 7.28. The second kappa shape index (κ2) is 11.7. The van der Waals surface area contributed by atoms with Crippen LogP contribution in [0, 0.1) is 12.8 Å². The van der Waals surface area contributed by atoms with Crippen molar-refractivity contribution in [3.63, 3.8) is 0 Å². The molecule has 0 spiro atoms. The number of nitrogens with zero attached hydrogens (tertiary/aromatic N) is 4. The molecule has 2 aliphatic carbocycles. The van der Waals surface area contributed by atoms with E-state index in [1.165, 1.54) is 22.3 Å². The summed E-state index contributed by atoms with van der Waals surface area (Å²) in [6.45, 7) is 3.94. The Balaban J connectivity index is 0.874. The van der Waals surface area contributed by atoms with Gasteiger partial charge in [-0.15, -0.1) is 11.3 Å². The fourth-order valence-electron chi connectivity index (χ4n) is 8.40. The van der Waals surface area contributed by atoms with E-state index in [9.17, 15) is 9.59 Å². The highest BCUT2D eigenvalue weighted by molar-refractivity contribution is 7.16. The third-order valence-corrected chi connectivity index (χ3v) is 12.0. The topological polar surface area (TPSA) is 75.6 Å². The van der Waals surface area contributed by atoms with Crippen molar-refractivity contribution in [1.29, 1.82) is 0 Å². The first-order valence-corrected chi connectivity index (χ1v) is 18.1. The highest BCUT2D eigenvalue weighted by Crippen LogP contribution is 2.57. The molecule has 48 heavy (non-hydrogen) atoms. The van der Waals surface area contributed by atoms with Crippen molar-refractivity contribution >= 4 is 45.2 Å². The third-order valence-electron chi connectivity index (χ3n) is 10.8. The number of hydrogen-bond donors (Lipinski definition) is 0. The van der Waals surface area contributed by atoms with Gasteiger partial charge in [-0.25, -0.2) is 14.8 Å². The average Bonchev–Trinajstić information content (AvgIpc) is 3.75. The Morgan fingerprint density at radius 1 is 0.896 bits per heavy atom. The first kappa shape index (κ1) is 29.8. The van der Waals surface area contributed by atoms with Crippen molar-refractivity contribution in [2.75, 3.05) is 26.2 Å². The molecule has 3 aliphatic heterocycles. The summed E-state index contributed by atoms with van der Waals surface area (Å²) in [5.41, 5.74) is 7.58.